The largest absolute Gasteiger partial charge is 0.493 e. The van der Waals surface area contributed by atoms with E-state index < -0.39 is 23.6 Å². The number of hydrogen-bond donors (Lipinski definition) is 2. The Morgan fingerprint density at radius 1 is 0.875 bits per heavy atom. The number of ether oxygens (including phenoxy) is 2. The number of methoxy groups -OCH3 is 1. The summed E-state index contributed by atoms with van der Waals surface area (Å²) in [7, 11) is 1.46. The second-order valence-corrected chi connectivity index (χ2v) is 10.2. The summed E-state index contributed by atoms with van der Waals surface area (Å²) in [6.45, 7) is 5.18. The summed E-state index contributed by atoms with van der Waals surface area (Å²) in [6.07, 6.45) is 1.54. The Morgan fingerprint density at radius 3 is 2.38 bits per heavy atom. The van der Waals surface area contributed by atoms with Crippen molar-refractivity contribution in [1.82, 2.24) is 4.90 Å². The molecule has 0 saturated carbocycles. The smallest absolute Gasteiger partial charge is 0.294 e. The molecular formula is C30H29N3O6S. The van der Waals surface area contributed by atoms with Crippen LogP contribution in [-0.4, -0.2) is 48.1 Å². The van der Waals surface area contributed by atoms with Crippen LogP contribution in [0, 0.1) is 20.8 Å². The highest BCUT2D eigenvalue weighted by atomic mass is 32.2. The summed E-state index contributed by atoms with van der Waals surface area (Å²) in [5, 5.41) is 5.00. The molecular weight excluding hydrogens is 530 g/mol. The van der Waals surface area contributed by atoms with Gasteiger partial charge in [0.15, 0.2) is 18.1 Å². The maximum Gasteiger partial charge on any atom is 0.294 e. The van der Waals surface area contributed by atoms with E-state index in [-0.39, 0.29) is 17.4 Å². The van der Waals surface area contributed by atoms with Gasteiger partial charge in [-0.3, -0.25) is 24.1 Å². The van der Waals surface area contributed by atoms with Crippen LogP contribution in [0.2, 0.25) is 0 Å². The van der Waals surface area contributed by atoms with Crippen LogP contribution in [0.5, 0.6) is 11.5 Å². The fourth-order valence-electron chi connectivity index (χ4n) is 3.89. The van der Waals surface area contributed by atoms with E-state index in [2.05, 4.69) is 10.6 Å². The van der Waals surface area contributed by atoms with Crippen molar-refractivity contribution < 1.29 is 28.7 Å². The average molecular weight is 560 g/mol. The van der Waals surface area contributed by atoms with Crippen LogP contribution in [0.1, 0.15) is 22.3 Å². The van der Waals surface area contributed by atoms with Gasteiger partial charge in [0, 0.05) is 11.4 Å². The number of carbonyl (C=O) groups excluding carboxylic acids is 4. The van der Waals surface area contributed by atoms with E-state index in [1.807, 2.05) is 57.2 Å². The molecule has 10 heteroatoms. The number of anilines is 2. The maximum atomic E-state index is 12.9. The summed E-state index contributed by atoms with van der Waals surface area (Å²) in [5.74, 6) is -0.658. The fraction of sp³-hybridized carbons (Fsp3) is 0.200. The molecule has 1 saturated heterocycles. The Labute approximate surface area is 236 Å². The predicted octanol–water partition coefficient (Wildman–Crippen LogP) is 5.31. The third kappa shape index (κ3) is 6.89. The molecule has 0 aromatic heterocycles. The number of para-hydroxylation sites is 1. The van der Waals surface area contributed by atoms with Gasteiger partial charge in [-0.2, -0.15) is 0 Å². The summed E-state index contributed by atoms with van der Waals surface area (Å²) < 4.78 is 11.1. The van der Waals surface area contributed by atoms with Crippen LogP contribution in [-0.2, 0) is 14.4 Å². The SMILES string of the molecule is COc1cc(/C=C2\SC(=O)N(CC(=O)Nc3ccc(C)c(C)c3)C2=O)ccc1OCC(=O)Nc1ccccc1C. The van der Waals surface area contributed by atoms with Gasteiger partial charge in [-0.1, -0.05) is 30.3 Å². The summed E-state index contributed by atoms with van der Waals surface area (Å²) in [5.41, 5.74) is 4.92. The number of imide groups is 1. The van der Waals surface area contributed by atoms with Crippen LogP contribution >= 0.6 is 11.8 Å². The minimum absolute atomic E-state index is 0.178. The van der Waals surface area contributed by atoms with Crippen molar-refractivity contribution in [1.29, 1.82) is 0 Å². The molecule has 1 aliphatic heterocycles. The van der Waals surface area contributed by atoms with Gasteiger partial charge in [0.1, 0.15) is 6.54 Å². The number of aryl methyl sites for hydroxylation is 3. The van der Waals surface area contributed by atoms with Gasteiger partial charge in [-0.25, -0.2) is 0 Å². The van der Waals surface area contributed by atoms with Gasteiger partial charge in [0.25, 0.3) is 17.1 Å². The number of nitrogens with one attached hydrogen (secondary N) is 2. The molecule has 2 N–H and O–H groups in total. The molecule has 40 heavy (non-hydrogen) atoms. The van der Waals surface area contributed by atoms with Gasteiger partial charge in [0.05, 0.1) is 12.0 Å². The van der Waals surface area contributed by atoms with E-state index in [1.165, 1.54) is 7.11 Å². The number of carbonyl (C=O) groups is 4. The van der Waals surface area contributed by atoms with Crippen LogP contribution < -0.4 is 20.1 Å². The lowest BCUT2D eigenvalue weighted by atomic mass is 10.1. The van der Waals surface area contributed by atoms with Crippen LogP contribution in [0.15, 0.2) is 65.6 Å². The van der Waals surface area contributed by atoms with E-state index in [4.69, 9.17) is 9.47 Å². The zero-order chi connectivity index (χ0) is 28.8. The van der Waals surface area contributed by atoms with E-state index >= 15 is 0 Å². The summed E-state index contributed by atoms with van der Waals surface area (Å²) >= 11 is 0.757. The topological polar surface area (TPSA) is 114 Å². The van der Waals surface area contributed by atoms with Gasteiger partial charge in [-0.05, 0) is 91.2 Å². The van der Waals surface area contributed by atoms with E-state index in [9.17, 15) is 19.2 Å². The molecule has 4 amide bonds. The quantitative estimate of drug-likeness (QED) is 0.342. The highest BCUT2D eigenvalue weighted by Crippen LogP contribution is 2.34. The maximum absolute atomic E-state index is 12.9. The standard InChI is InChI=1S/C30H29N3O6S/c1-18-9-11-22(13-20(18)3)31-27(34)16-33-29(36)26(40-30(33)37)15-21-10-12-24(25(14-21)38-4)39-17-28(35)32-23-8-6-5-7-19(23)2/h5-15H,16-17H2,1-4H3,(H,31,34)(H,32,35)/b26-15-. The normalized spacial score (nSPS) is 13.9. The Balaban J connectivity index is 1.38. The first kappa shape index (κ1) is 28.4. The number of amides is 4. The van der Waals surface area contributed by atoms with Crippen molar-refractivity contribution in [2.45, 2.75) is 20.8 Å². The van der Waals surface area contributed by atoms with Gasteiger partial charge < -0.3 is 20.1 Å². The van der Waals surface area contributed by atoms with Crippen molar-refractivity contribution in [3.05, 3.63) is 87.8 Å². The molecule has 0 radical (unpaired) electrons. The molecule has 206 valence electrons. The molecule has 1 aliphatic rings. The van der Waals surface area contributed by atoms with Crippen molar-refractivity contribution in [3.63, 3.8) is 0 Å². The van der Waals surface area contributed by atoms with E-state index in [1.54, 1.807) is 30.3 Å². The van der Waals surface area contributed by atoms with Gasteiger partial charge >= 0.3 is 0 Å². The second-order valence-electron chi connectivity index (χ2n) is 9.18. The van der Waals surface area contributed by atoms with E-state index in [0.29, 0.717) is 28.4 Å². The number of rotatable bonds is 9. The lowest BCUT2D eigenvalue weighted by Crippen LogP contribution is -2.36. The number of nitrogens with zero attached hydrogens (tertiary/aromatic N) is 1. The molecule has 0 unspecified atom stereocenters. The third-order valence-electron chi connectivity index (χ3n) is 6.23. The minimum atomic E-state index is -0.558. The first-order valence-electron chi connectivity index (χ1n) is 12.4. The molecule has 4 rings (SSSR count). The number of hydrogen-bond acceptors (Lipinski definition) is 7. The zero-order valence-electron chi connectivity index (χ0n) is 22.6. The lowest BCUT2D eigenvalue weighted by Gasteiger charge is -2.13. The van der Waals surface area contributed by atoms with E-state index in [0.717, 1.165) is 33.4 Å². The molecule has 1 fully saturated rings. The molecule has 9 nitrogen and oxygen atoms in total. The first-order valence-corrected chi connectivity index (χ1v) is 13.2. The van der Waals surface area contributed by atoms with Crippen molar-refractivity contribution in [2.24, 2.45) is 0 Å². The predicted molar refractivity (Wildman–Crippen MR) is 156 cm³/mol. The van der Waals surface area contributed by atoms with Crippen molar-refractivity contribution in [3.8, 4) is 11.5 Å². The van der Waals surface area contributed by atoms with Gasteiger partial charge in [-0.15, -0.1) is 0 Å². The number of benzene rings is 3. The third-order valence-corrected chi connectivity index (χ3v) is 7.14. The molecule has 0 atom stereocenters. The monoisotopic (exact) mass is 559 g/mol. The molecule has 0 bridgehead atoms. The Morgan fingerprint density at radius 2 is 1.65 bits per heavy atom. The first-order chi connectivity index (χ1) is 19.1. The zero-order valence-corrected chi connectivity index (χ0v) is 23.4. The second kappa shape index (κ2) is 12.5. The molecule has 3 aromatic rings. The fourth-order valence-corrected chi connectivity index (χ4v) is 4.73. The Kier molecular flexibility index (Phi) is 8.90. The Hall–Kier alpha value is -4.57. The molecule has 0 aliphatic carbocycles. The average Bonchev–Trinajstić information content (AvgIpc) is 3.18. The lowest BCUT2D eigenvalue weighted by molar-refractivity contribution is -0.127. The van der Waals surface area contributed by atoms with Crippen LogP contribution in [0.4, 0.5) is 16.2 Å². The minimum Gasteiger partial charge on any atom is -0.493 e. The molecule has 0 spiro atoms. The van der Waals surface area contributed by atoms with Crippen LogP contribution in [0.25, 0.3) is 6.08 Å². The highest BCUT2D eigenvalue weighted by molar-refractivity contribution is 8.18. The van der Waals surface area contributed by atoms with Crippen molar-refractivity contribution >= 4 is 52.2 Å². The molecule has 1 heterocycles. The number of thioether (sulfide) groups is 1. The van der Waals surface area contributed by atoms with Gasteiger partial charge in [0.2, 0.25) is 5.91 Å². The van der Waals surface area contributed by atoms with Crippen molar-refractivity contribution in [2.75, 3.05) is 30.9 Å². The highest BCUT2D eigenvalue weighted by Gasteiger charge is 2.36. The summed E-state index contributed by atoms with van der Waals surface area (Å²) in [6, 6.07) is 17.8. The summed E-state index contributed by atoms with van der Waals surface area (Å²) in [4.78, 5) is 51.4. The Bertz CT molecular complexity index is 1520. The van der Waals surface area contributed by atoms with Crippen LogP contribution in [0.3, 0.4) is 0 Å². The molecule has 3 aromatic carbocycles.